The van der Waals surface area contributed by atoms with Crippen molar-refractivity contribution in [2.45, 2.75) is 6.10 Å². The molecule has 0 aliphatic carbocycles. The van der Waals surface area contributed by atoms with Crippen LogP contribution in [0.2, 0.25) is 0 Å². The molecule has 0 spiro atoms. The summed E-state index contributed by atoms with van der Waals surface area (Å²) in [7, 11) is 1.63. The maximum Gasteiger partial charge on any atom is 0.338 e. The number of carbonyl (C=O) groups excluding carboxylic acids is 2. The van der Waals surface area contributed by atoms with Crippen LogP contribution in [0.4, 0.5) is 0 Å². The van der Waals surface area contributed by atoms with Crippen LogP contribution < -0.4 is 18.9 Å². The van der Waals surface area contributed by atoms with Crippen LogP contribution in [0.15, 0.2) is 42.5 Å². The minimum absolute atomic E-state index is 0.120. The van der Waals surface area contributed by atoms with E-state index in [4.69, 9.17) is 23.7 Å². The molecule has 2 heterocycles. The number of carbonyl (C=O) groups is 2. The van der Waals surface area contributed by atoms with Gasteiger partial charge in [-0.2, -0.15) is 0 Å². The minimum atomic E-state index is -0.605. The van der Waals surface area contributed by atoms with Gasteiger partial charge in [0.1, 0.15) is 6.61 Å². The third-order valence-corrected chi connectivity index (χ3v) is 4.41. The van der Waals surface area contributed by atoms with Crippen molar-refractivity contribution in [3.63, 3.8) is 0 Å². The van der Waals surface area contributed by atoms with Crippen LogP contribution in [0.3, 0.4) is 0 Å². The van der Waals surface area contributed by atoms with Crippen molar-refractivity contribution in [1.82, 2.24) is 4.90 Å². The number of rotatable bonds is 5. The Bertz CT molecular complexity index is 898. The summed E-state index contributed by atoms with van der Waals surface area (Å²) in [6.45, 7) is 0.406. The standard InChI is InChI=1S/C20H19NO7/c1-21(9-14-10-24-15-4-2-3-5-17(15)28-14)19(22)11-25-20(23)13-6-7-16-18(8-13)27-12-26-16/h2-8,14H,9-12H2,1H3/t14-/m0/s1. The highest BCUT2D eigenvalue weighted by atomic mass is 16.7. The molecule has 0 bridgehead atoms. The van der Waals surface area contributed by atoms with Gasteiger partial charge in [-0.15, -0.1) is 0 Å². The molecular formula is C20H19NO7. The van der Waals surface area contributed by atoms with E-state index in [9.17, 15) is 9.59 Å². The van der Waals surface area contributed by atoms with Crippen molar-refractivity contribution < 1.29 is 33.3 Å². The number of nitrogens with zero attached hydrogens (tertiary/aromatic N) is 1. The Kier molecular flexibility index (Phi) is 4.92. The zero-order chi connectivity index (χ0) is 19.5. The number of ether oxygens (including phenoxy) is 5. The number of amides is 1. The molecule has 146 valence electrons. The fourth-order valence-electron chi connectivity index (χ4n) is 2.90. The van der Waals surface area contributed by atoms with Gasteiger partial charge in [-0.3, -0.25) is 4.79 Å². The van der Waals surface area contributed by atoms with Crippen molar-refractivity contribution in [2.75, 3.05) is 33.6 Å². The Morgan fingerprint density at radius 3 is 2.64 bits per heavy atom. The Morgan fingerprint density at radius 2 is 1.79 bits per heavy atom. The first kappa shape index (κ1) is 18.0. The van der Waals surface area contributed by atoms with E-state index in [1.54, 1.807) is 19.2 Å². The van der Waals surface area contributed by atoms with Crippen LogP contribution in [0.25, 0.3) is 0 Å². The average Bonchev–Trinajstić information content (AvgIpc) is 3.19. The molecule has 4 rings (SSSR count). The van der Waals surface area contributed by atoms with Crippen LogP contribution in [0.5, 0.6) is 23.0 Å². The van der Waals surface area contributed by atoms with Crippen molar-refractivity contribution >= 4 is 11.9 Å². The number of fused-ring (bicyclic) bond motifs is 2. The molecule has 2 aromatic carbocycles. The first-order chi connectivity index (χ1) is 13.6. The molecule has 0 unspecified atom stereocenters. The van der Waals surface area contributed by atoms with Crippen LogP contribution in [-0.4, -0.2) is 56.5 Å². The largest absolute Gasteiger partial charge is 0.486 e. The van der Waals surface area contributed by atoms with Gasteiger partial charge < -0.3 is 28.6 Å². The van der Waals surface area contributed by atoms with Crippen LogP contribution in [0, 0.1) is 0 Å². The van der Waals surface area contributed by atoms with Gasteiger partial charge in [-0.1, -0.05) is 12.1 Å². The smallest absolute Gasteiger partial charge is 0.338 e. The lowest BCUT2D eigenvalue weighted by molar-refractivity contribution is -0.134. The van der Waals surface area contributed by atoms with E-state index in [0.29, 0.717) is 41.7 Å². The van der Waals surface area contributed by atoms with Crippen molar-refractivity contribution in [3.05, 3.63) is 48.0 Å². The van der Waals surface area contributed by atoms with Crippen molar-refractivity contribution in [3.8, 4) is 23.0 Å². The van der Waals surface area contributed by atoms with E-state index in [1.807, 2.05) is 24.3 Å². The molecule has 2 aromatic rings. The van der Waals surface area contributed by atoms with Gasteiger partial charge in [0, 0.05) is 7.05 Å². The van der Waals surface area contributed by atoms with Gasteiger partial charge in [0.2, 0.25) is 6.79 Å². The number of likely N-dealkylation sites (N-methyl/N-ethyl adjacent to an activating group) is 1. The van der Waals surface area contributed by atoms with Crippen LogP contribution >= 0.6 is 0 Å². The molecule has 28 heavy (non-hydrogen) atoms. The normalized spacial score (nSPS) is 16.4. The van der Waals surface area contributed by atoms with Gasteiger partial charge in [0.25, 0.3) is 5.91 Å². The Morgan fingerprint density at radius 1 is 1.04 bits per heavy atom. The maximum atomic E-state index is 12.3. The van der Waals surface area contributed by atoms with E-state index < -0.39 is 5.97 Å². The molecule has 1 amide bonds. The molecule has 2 aliphatic heterocycles. The summed E-state index contributed by atoms with van der Waals surface area (Å²) in [4.78, 5) is 25.9. The van der Waals surface area contributed by atoms with E-state index in [0.717, 1.165) is 0 Å². The van der Waals surface area contributed by atoms with Crippen molar-refractivity contribution in [2.24, 2.45) is 0 Å². The molecule has 0 radical (unpaired) electrons. The molecule has 2 aliphatic rings. The third kappa shape index (κ3) is 3.80. The van der Waals surface area contributed by atoms with Crippen LogP contribution in [0.1, 0.15) is 10.4 Å². The highest BCUT2D eigenvalue weighted by Crippen LogP contribution is 2.33. The summed E-state index contributed by atoms with van der Waals surface area (Å²) >= 11 is 0. The van der Waals surface area contributed by atoms with Crippen LogP contribution in [-0.2, 0) is 9.53 Å². The molecule has 1 atom stereocenters. The summed E-state index contributed by atoms with van der Waals surface area (Å²) in [6.07, 6.45) is -0.298. The zero-order valence-corrected chi connectivity index (χ0v) is 15.3. The number of esters is 1. The Labute approximate surface area is 161 Å². The summed E-state index contributed by atoms with van der Waals surface area (Å²) < 4.78 is 27.0. The second-order valence-corrected chi connectivity index (χ2v) is 6.42. The Hall–Kier alpha value is -3.42. The summed E-state index contributed by atoms with van der Waals surface area (Å²) in [5.41, 5.74) is 0.292. The first-order valence-corrected chi connectivity index (χ1v) is 8.79. The molecule has 0 saturated carbocycles. The lowest BCUT2D eigenvalue weighted by Crippen LogP contribution is -2.43. The molecule has 0 saturated heterocycles. The van der Waals surface area contributed by atoms with E-state index in [2.05, 4.69) is 0 Å². The molecule has 8 heteroatoms. The first-order valence-electron chi connectivity index (χ1n) is 8.79. The van der Waals surface area contributed by atoms with E-state index in [1.165, 1.54) is 11.0 Å². The number of benzene rings is 2. The zero-order valence-electron chi connectivity index (χ0n) is 15.3. The Balaban J connectivity index is 1.27. The lowest BCUT2D eigenvalue weighted by Gasteiger charge is -2.29. The molecular weight excluding hydrogens is 366 g/mol. The van der Waals surface area contributed by atoms with E-state index in [-0.39, 0.29) is 25.4 Å². The quantitative estimate of drug-likeness (QED) is 0.727. The highest BCUT2D eigenvalue weighted by Gasteiger charge is 2.24. The van der Waals surface area contributed by atoms with E-state index >= 15 is 0 Å². The second kappa shape index (κ2) is 7.67. The van der Waals surface area contributed by atoms with Crippen molar-refractivity contribution in [1.29, 1.82) is 0 Å². The number of hydrogen-bond acceptors (Lipinski definition) is 7. The molecule has 8 nitrogen and oxygen atoms in total. The third-order valence-electron chi connectivity index (χ3n) is 4.41. The maximum absolute atomic E-state index is 12.3. The van der Waals surface area contributed by atoms with Gasteiger partial charge in [0.05, 0.1) is 12.1 Å². The summed E-state index contributed by atoms with van der Waals surface area (Å²) in [5.74, 6) is 1.44. The number of para-hydroxylation sites is 2. The van der Waals surface area contributed by atoms with Gasteiger partial charge in [0.15, 0.2) is 35.7 Å². The second-order valence-electron chi connectivity index (χ2n) is 6.42. The van der Waals surface area contributed by atoms with Gasteiger partial charge in [-0.05, 0) is 30.3 Å². The number of hydrogen-bond donors (Lipinski definition) is 0. The predicted molar refractivity (Wildman–Crippen MR) is 96.8 cm³/mol. The minimum Gasteiger partial charge on any atom is -0.486 e. The molecule has 0 aromatic heterocycles. The van der Waals surface area contributed by atoms with Gasteiger partial charge >= 0.3 is 5.97 Å². The highest BCUT2D eigenvalue weighted by molar-refractivity contribution is 5.92. The lowest BCUT2D eigenvalue weighted by atomic mass is 10.2. The topological polar surface area (TPSA) is 83.5 Å². The van der Waals surface area contributed by atoms with Gasteiger partial charge in [-0.25, -0.2) is 4.79 Å². The monoisotopic (exact) mass is 385 g/mol. The SMILES string of the molecule is CN(C[C@H]1COc2ccccc2O1)C(=O)COC(=O)c1ccc2c(c1)OCO2. The molecule has 0 fully saturated rings. The fourth-order valence-corrected chi connectivity index (χ4v) is 2.90. The average molecular weight is 385 g/mol. The summed E-state index contributed by atoms with van der Waals surface area (Å²) in [5, 5.41) is 0. The summed E-state index contributed by atoms with van der Waals surface area (Å²) in [6, 6.07) is 12.1. The predicted octanol–water partition coefficient (Wildman–Crippen LogP) is 1.87. The fraction of sp³-hybridized carbons (Fsp3) is 0.300. The molecule has 0 N–H and O–H groups in total.